The van der Waals surface area contributed by atoms with Crippen LogP contribution in [0.5, 0.6) is 0 Å². The summed E-state index contributed by atoms with van der Waals surface area (Å²) in [4.78, 5) is 11.4. The van der Waals surface area contributed by atoms with Crippen molar-refractivity contribution in [1.82, 2.24) is 5.32 Å². The summed E-state index contributed by atoms with van der Waals surface area (Å²) < 4.78 is 0.288. The van der Waals surface area contributed by atoms with Crippen molar-refractivity contribution in [3.8, 4) is 0 Å². The normalized spacial score (nSPS) is 22.1. The van der Waals surface area contributed by atoms with Crippen LogP contribution >= 0.6 is 24.4 Å². The lowest BCUT2D eigenvalue weighted by molar-refractivity contribution is -0.120. The summed E-state index contributed by atoms with van der Waals surface area (Å²) in [6.45, 7) is 2.61. The molecule has 0 spiro atoms. The first-order chi connectivity index (χ1) is 7.09. The summed E-state index contributed by atoms with van der Waals surface area (Å²) in [6, 6.07) is 0. The maximum atomic E-state index is 11.4. The highest BCUT2D eigenvalue weighted by molar-refractivity contribution is 8.00. The van der Waals surface area contributed by atoms with Crippen LogP contribution in [-0.4, -0.2) is 28.7 Å². The van der Waals surface area contributed by atoms with Gasteiger partial charge in [0.1, 0.15) is 0 Å². The third-order valence-corrected chi connectivity index (χ3v) is 4.82. The van der Waals surface area contributed by atoms with Crippen LogP contribution in [-0.2, 0) is 4.79 Å². The van der Waals surface area contributed by atoms with Gasteiger partial charge in [-0.25, -0.2) is 0 Å². The Morgan fingerprint density at radius 1 is 1.47 bits per heavy atom. The molecular weight excluding hydrogens is 226 g/mol. The molecule has 0 aliphatic heterocycles. The Morgan fingerprint density at radius 2 is 2.07 bits per heavy atom. The van der Waals surface area contributed by atoms with Crippen LogP contribution < -0.4 is 5.32 Å². The Labute approximate surface area is 102 Å². The summed E-state index contributed by atoms with van der Waals surface area (Å²) >= 11 is 6.04. The number of thioether (sulfide) groups is 1. The van der Waals surface area contributed by atoms with Crippen LogP contribution in [0.4, 0.5) is 0 Å². The molecule has 1 amide bonds. The first kappa shape index (κ1) is 13.2. The molecule has 2 nitrogen and oxygen atoms in total. The van der Waals surface area contributed by atoms with Crippen LogP contribution in [0.2, 0.25) is 0 Å². The molecule has 1 aliphatic carbocycles. The lowest BCUT2D eigenvalue weighted by atomic mass is 9.88. The Hall–Kier alpha value is 0.170. The van der Waals surface area contributed by atoms with Crippen molar-refractivity contribution in [3.05, 3.63) is 0 Å². The van der Waals surface area contributed by atoms with Gasteiger partial charge in [-0.1, -0.05) is 19.3 Å². The van der Waals surface area contributed by atoms with Gasteiger partial charge in [0.2, 0.25) is 5.91 Å². The van der Waals surface area contributed by atoms with Crippen molar-refractivity contribution in [1.29, 1.82) is 0 Å². The van der Waals surface area contributed by atoms with Crippen LogP contribution in [0.3, 0.4) is 0 Å². The summed E-state index contributed by atoms with van der Waals surface area (Å²) in [5.74, 6) is 0.0531. The van der Waals surface area contributed by atoms with Crippen molar-refractivity contribution in [3.63, 3.8) is 0 Å². The first-order valence-corrected chi connectivity index (χ1v) is 7.35. The summed E-state index contributed by atoms with van der Waals surface area (Å²) in [5.41, 5.74) is 0. The van der Waals surface area contributed by atoms with Gasteiger partial charge in [0.05, 0.1) is 5.25 Å². The van der Waals surface area contributed by atoms with E-state index in [1.165, 1.54) is 32.1 Å². The molecular formula is C11H21NOS2. The molecule has 15 heavy (non-hydrogen) atoms. The molecule has 0 heterocycles. The third-order valence-electron chi connectivity index (χ3n) is 3.16. The largest absolute Gasteiger partial charge is 0.354 e. The first-order valence-electron chi connectivity index (χ1n) is 5.60. The third kappa shape index (κ3) is 3.91. The lowest BCUT2D eigenvalue weighted by Crippen LogP contribution is -2.43. The minimum absolute atomic E-state index is 0.0531. The standard InChI is InChI=1S/C11H21NOS2/c1-9(14)10(13)12-8-11(15-2)6-4-3-5-7-11/h9,14H,3-8H2,1-2H3,(H,12,13). The molecule has 0 saturated heterocycles. The zero-order valence-corrected chi connectivity index (χ0v) is 11.3. The molecule has 1 atom stereocenters. The van der Waals surface area contributed by atoms with E-state index in [-0.39, 0.29) is 15.9 Å². The molecule has 88 valence electrons. The van der Waals surface area contributed by atoms with Crippen molar-refractivity contribution < 1.29 is 4.79 Å². The van der Waals surface area contributed by atoms with Crippen LogP contribution in [0.25, 0.3) is 0 Å². The van der Waals surface area contributed by atoms with Gasteiger partial charge >= 0.3 is 0 Å². The predicted octanol–water partition coefficient (Wildman–Crippen LogP) is 2.49. The van der Waals surface area contributed by atoms with E-state index in [1.807, 2.05) is 18.7 Å². The van der Waals surface area contributed by atoms with Crippen molar-refractivity contribution in [2.75, 3.05) is 12.8 Å². The van der Waals surface area contributed by atoms with Crippen LogP contribution in [0.1, 0.15) is 39.0 Å². The molecule has 0 bridgehead atoms. The van der Waals surface area contributed by atoms with Crippen LogP contribution in [0.15, 0.2) is 0 Å². The highest BCUT2D eigenvalue weighted by Crippen LogP contribution is 2.37. The van der Waals surface area contributed by atoms with Gasteiger partial charge < -0.3 is 5.32 Å². The van der Waals surface area contributed by atoms with E-state index in [9.17, 15) is 4.79 Å². The fraction of sp³-hybridized carbons (Fsp3) is 0.909. The van der Waals surface area contributed by atoms with Crippen molar-refractivity contribution in [2.45, 2.75) is 49.0 Å². The minimum atomic E-state index is -0.201. The number of carbonyl (C=O) groups excluding carboxylic acids is 1. The van der Waals surface area contributed by atoms with Crippen molar-refractivity contribution >= 4 is 30.3 Å². The molecule has 1 fully saturated rings. The molecule has 1 N–H and O–H groups in total. The monoisotopic (exact) mass is 247 g/mol. The Morgan fingerprint density at radius 3 is 2.53 bits per heavy atom. The van der Waals surface area contributed by atoms with E-state index >= 15 is 0 Å². The van der Waals surface area contributed by atoms with E-state index in [1.54, 1.807) is 0 Å². The Kier molecular flexibility index (Phi) is 5.33. The van der Waals surface area contributed by atoms with Gasteiger partial charge in [-0.05, 0) is 26.0 Å². The second kappa shape index (κ2) is 6.04. The fourth-order valence-electron chi connectivity index (χ4n) is 2.05. The van der Waals surface area contributed by atoms with E-state index in [2.05, 4.69) is 24.2 Å². The fourth-order valence-corrected chi connectivity index (χ4v) is 3.05. The number of rotatable bonds is 4. The van der Waals surface area contributed by atoms with Crippen molar-refractivity contribution in [2.24, 2.45) is 0 Å². The van der Waals surface area contributed by atoms with E-state index in [0.29, 0.717) is 0 Å². The van der Waals surface area contributed by atoms with Gasteiger partial charge in [0.25, 0.3) is 0 Å². The molecule has 4 heteroatoms. The average molecular weight is 247 g/mol. The summed E-state index contributed by atoms with van der Waals surface area (Å²) in [5, 5.41) is 2.81. The average Bonchev–Trinajstić information content (AvgIpc) is 2.27. The predicted molar refractivity (Wildman–Crippen MR) is 70.8 cm³/mol. The second-order valence-corrected chi connectivity index (χ2v) is 6.39. The van der Waals surface area contributed by atoms with Gasteiger partial charge in [-0.15, -0.1) is 0 Å². The number of hydrogen-bond acceptors (Lipinski definition) is 3. The SMILES string of the molecule is CSC1(CNC(=O)C(C)S)CCCCC1. The number of amides is 1. The molecule has 1 rings (SSSR count). The van der Waals surface area contributed by atoms with E-state index in [0.717, 1.165) is 6.54 Å². The highest BCUT2D eigenvalue weighted by atomic mass is 32.2. The quantitative estimate of drug-likeness (QED) is 0.747. The second-order valence-electron chi connectivity index (χ2n) is 4.34. The zero-order chi connectivity index (χ0) is 11.3. The number of hydrogen-bond donors (Lipinski definition) is 2. The van der Waals surface area contributed by atoms with Gasteiger partial charge in [0, 0.05) is 11.3 Å². The topological polar surface area (TPSA) is 29.1 Å². The molecule has 0 radical (unpaired) electrons. The smallest absolute Gasteiger partial charge is 0.232 e. The molecule has 0 aromatic rings. The van der Waals surface area contributed by atoms with Crippen LogP contribution in [0, 0.1) is 0 Å². The molecule has 1 saturated carbocycles. The Balaban J connectivity index is 2.42. The maximum Gasteiger partial charge on any atom is 0.232 e. The van der Waals surface area contributed by atoms with Gasteiger partial charge in [-0.3, -0.25) is 4.79 Å². The number of carbonyl (C=O) groups is 1. The summed E-state index contributed by atoms with van der Waals surface area (Å²) in [6.07, 6.45) is 8.56. The summed E-state index contributed by atoms with van der Waals surface area (Å²) in [7, 11) is 0. The molecule has 0 aromatic heterocycles. The zero-order valence-electron chi connectivity index (χ0n) is 9.58. The van der Waals surface area contributed by atoms with Gasteiger partial charge in [-0.2, -0.15) is 24.4 Å². The van der Waals surface area contributed by atoms with Gasteiger partial charge in [0.15, 0.2) is 0 Å². The Bertz CT molecular complexity index is 213. The lowest BCUT2D eigenvalue weighted by Gasteiger charge is -2.36. The maximum absolute atomic E-state index is 11.4. The number of nitrogens with one attached hydrogen (secondary N) is 1. The molecule has 1 unspecified atom stereocenters. The molecule has 1 aliphatic rings. The minimum Gasteiger partial charge on any atom is -0.354 e. The highest BCUT2D eigenvalue weighted by Gasteiger charge is 2.31. The van der Waals surface area contributed by atoms with E-state index in [4.69, 9.17) is 0 Å². The molecule has 0 aromatic carbocycles. The number of thiol groups is 1. The van der Waals surface area contributed by atoms with E-state index < -0.39 is 0 Å².